The van der Waals surface area contributed by atoms with Crippen LogP contribution in [0.4, 0.5) is 0 Å². The summed E-state index contributed by atoms with van der Waals surface area (Å²) in [7, 11) is 0. The Morgan fingerprint density at radius 2 is 1.16 bits per heavy atom. The molecule has 1 heterocycles. The van der Waals surface area contributed by atoms with Gasteiger partial charge in [-0.05, 0) is 0 Å². The minimum absolute atomic E-state index is 0. The van der Waals surface area contributed by atoms with Crippen molar-refractivity contribution in [2.24, 2.45) is 0 Å². The normalized spacial score (nSPS) is 19.0. The molecular formula is C23H24Se2. The summed E-state index contributed by atoms with van der Waals surface area (Å²) in [6.45, 7) is 0. The van der Waals surface area contributed by atoms with Gasteiger partial charge < -0.3 is 0 Å². The molecule has 1 aliphatic heterocycles. The van der Waals surface area contributed by atoms with Crippen molar-refractivity contribution >= 4 is 32.0 Å². The number of benzene rings is 3. The zero-order chi connectivity index (χ0) is 16.2. The monoisotopic (exact) mass is 460 g/mol. The van der Waals surface area contributed by atoms with Gasteiger partial charge in [0.2, 0.25) is 0 Å². The van der Waals surface area contributed by atoms with Crippen LogP contribution in [0, 0.1) is 0 Å². The Hall–Kier alpha value is -1.30. The second-order valence-corrected chi connectivity index (χ2v) is 9.23. The van der Waals surface area contributed by atoms with Crippen LogP contribution in [0.15, 0.2) is 91.0 Å². The first kappa shape index (κ1) is 18.5. The molecule has 25 heavy (non-hydrogen) atoms. The van der Waals surface area contributed by atoms with Crippen molar-refractivity contribution in [2.75, 3.05) is 0 Å². The number of hydrogen-bond acceptors (Lipinski definition) is 0. The van der Waals surface area contributed by atoms with Crippen LogP contribution in [0.25, 0.3) is 0 Å². The molecule has 0 N–H and O–H groups in total. The third-order valence-electron chi connectivity index (χ3n) is 5.06. The van der Waals surface area contributed by atoms with E-state index in [0.717, 1.165) is 0 Å². The van der Waals surface area contributed by atoms with Gasteiger partial charge in [0.1, 0.15) is 0 Å². The van der Waals surface area contributed by atoms with Gasteiger partial charge in [-0.15, -0.1) is 0 Å². The van der Waals surface area contributed by atoms with Gasteiger partial charge in [0.05, 0.1) is 0 Å². The van der Waals surface area contributed by atoms with Crippen molar-refractivity contribution in [3.8, 4) is 0 Å². The third-order valence-corrected chi connectivity index (χ3v) is 8.64. The first-order valence-electron chi connectivity index (χ1n) is 8.71. The summed E-state index contributed by atoms with van der Waals surface area (Å²) >= 11 is 0.550. The first-order valence-corrected chi connectivity index (χ1v) is 10.8. The van der Waals surface area contributed by atoms with Crippen molar-refractivity contribution in [1.82, 2.24) is 0 Å². The Labute approximate surface area is 167 Å². The van der Waals surface area contributed by atoms with Crippen LogP contribution < -0.4 is 0 Å². The molecule has 1 saturated heterocycles. The molecule has 0 aromatic heterocycles. The molecule has 1 unspecified atom stereocenters. The van der Waals surface area contributed by atoms with E-state index in [4.69, 9.17) is 0 Å². The fourth-order valence-corrected chi connectivity index (χ4v) is 7.57. The fraction of sp³-hybridized carbons (Fsp3) is 0.217. The van der Waals surface area contributed by atoms with Crippen molar-refractivity contribution in [1.29, 1.82) is 0 Å². The molecule has 0 saturated carbocycles. The van der Waals surface area contributed by atoms with Crippen LogP contribution in [-0.4, -0.2) is 32.0 Å². The molecule has 3 aromatic carbocycles. The van der Waals surface area contributed by atoms with Gasteiger partial charge in [-0.3, -0.25) is 0 Å². The summed E-state index contributed by atoms with van der Waals surface area (Å²) in [5, 5.41) is 1.36. The molecule has 0 bridgehead atoms. The Morgan fingerprint density at radius 1 is 0.680 bits per heavy atom. The van der Waals surface area contributed by atoms with E-state index in [-0.39, 0.29) is 21.4 Å². The van der Waals surface area contributed by atoms with Crippen LogP contribution in [-0.2, 0) is 4.31 Å². The molecule has 0 aliphatic carbocycles. The van der Waals surface area contributed by atoms with E-state index in [1.807, 2.05) is 0 Å². The molecule has 1 fully saturated rings. The zero-order valence-corrected chi connectivity index (χ0v) is 18.1. The number of rotatable bonds is 3. The third kappa shape index (κ3) is 3.50. The van der Waals surface area contributed by atoms with Crippen LogP contribution >= 0.6 is 0 Å². The molecule has 3 aromatic rings. The molecular weight excluding hydrogens is 434 g/mol. The standard InChI is InChI=1S/C23H22Se.H2Se/c1-4-11-19(12-5-1)22-17-10-18-24-23(22,20-13-6-2-7-14-20)21-15-8-3-9-16-21;/h1-9,11-16,22H,10,17-18H2;1H2. The molecule has 1 atom stereocenters. The Morgan fingerprint density at radius 3 is 1.68 bits per heavy atom. The van der Waals surface area contributed by atoms with E-state index in [1.54, 1.807) is 0 Å². The predicted octanol–water partition coefficient (Wildman–Crippen LogP) is 4.71. The molecule has 0 spiro atoms. The molecule has 128 valence electrons. The quantitative estimate of drug-likeness (QED) is 0.499. The molecule has 0 nitrogen and oxygen atoms in total. The second kappa shape index (κ2) is 8.39. The fourth-order valence-electron chi connectivity index (χ4n) is 4.02. The van der Waals surface area contributed by atoms with E-state index < -0.39 is 0 Å². The van der Waals surface area contributed by atoms with Crippen LogP contribution in [0.1, 0.15) is 35.4 Å². The average molecular weight is 458 g/mol. The maximum absolute atomic E-state index is 2.34. The van der Waals surface area contributed by atoms with Gasteiger partial charge >= 0.3 is 168 Å². The molecule has 4 rings (SSSR count). The Bertz CT molecular complexity index is 729. The van der Waals surface area contributed by atoms with Gasteiger partial charge in [-0.1, -0.05) is 0 Å². The van der Waals surface area contributed by atoms with Crippen LogP contribution in [0.2, 0.25) is 5.32 Å². The van der Waals surface area contributed by atoms with Gasteiger partial charge in [0.15, 0.2) is 0 Å². The van der Waals surface area contributed by atoms with E-state index >= 15 is 0 Å². The van der Waals surface area contributed by atoms with Gasteiger partial charge in [-0.2, -0.15) is 0 Å². The van der Waals surface area contributed by atoms with E-state index in [0.29, 0.717) is 20.9 Å². The van der Waals surface area contributed by atoms with Crippen LogP contribution in [0.3, 0.4) is 0 Å². The summed E-state index contributed by atoms with van der Waals surface area (Å²) in [5.41, 5.74) is 4.47. The Kier molecular flexibility index (Phi) is 6.20. The van der Waals surface area contributed by atoms with Crippen LogP contribution in [0.5, 0.6) is 0 Å². The minimum atomic E-state index is 0. The van der Waals surface area contributed by atoms with Crippen molar-refractivity contribution in [3.05, 3.63) is 108 Å². The number of hydrogen-bond donors (Lipinski definition) is 0. The summed E-state index contributed by atoms with van der Waals surface area (Å²) < 4.78 is 0.148. The van der Waals surface area contributed by atoms with Gasteiger partial charge in [0.25, 0.3) is 0 Å². The summed E-state index contributed by atoms with van der Waals surface area (Å²) in [4.78, 5) is 0. The molecule has 2 heteroatoms. The average Bonchev–Trinajstić information content (AvgIpc) is 2.70. The van der Waals surface area contributed by atoms with Gasteiger partial charge in [-0.25, -0.2) is 0 Å². The molecule has 1 aliphatic rings. The van der Waals surface area contributed by atoms with E-state index in [9.17, 15) is 0 Å². The predicted molar refractivity (Wildman–Crippen MR) is 111 cm³/mol. The second-order valence-electron chi connectivity index (χ2n) is 6.42. The zero-order valence-electron chi connectivity index (χ0n) is 14.3. The van der Waals surface area contributed by atoms with Crippen molar-refractivity contribution in [2.45, 2.75) is 28.4 Å². The molecule has 0 amide bonds. The van der Waals surface area contributed by atoms with Crippen molar-refractivity contribution in [3.63, 3.8) is 0 Å². The topological polar surface area (TPSA) is 0 Å². The first-order chi connectivity index (χ1) is 11.9. The van der Waals surface area contributed by atoms with E-state index in [2.05, 4.69) is 91.0 Å². The van der Waals surface area contributed by atoms with Crippen molar-refractivity contribution < 1.29 is 0 Å². The van der Waals surface area contributed by atoms with E-state index in [1.165, 1.54) is 34.9 Å². The summed E-state index contributed by atoms with van der Waals surface area (Å²) in [6, 6.07) is 33.6. The summed E-state index contributed by atoms with van der Waals surface area (Å²) in [5.74, 6) is 0.567. The SMILES string of the molecule is [SeH2].c1ccc(C2CCC[Se]C2(c2ccccc2)c2ccccc2)cc1. The molecule has 0 radical (unpaired) electrons. The summed E-state index contributed by atoms with van der Waals surface area (Å²) in [6.07, 6.45) is 2.62. The maximum atomic E-state index is 2.34. The Balaban J connectivity index is 0.00000182. The van der Waals surface area contributed by atoms with Gasteiger partial charge in [0, 0.05) is 0 Å².